The molecule has 3 aromatic rings. The van der Waals surface area contributed by atoms with E-state index < -0.39 is 0 Å². The second kappa shape index (κ2) is 9.85. The maximum atomic E-state index is 13.5. The molecule has 0 aromatic heterocycles. The molecule has 164 valence electrons. The van der Waals surface area contributed by atoms with Gasteiger partial charge >= 0.3 is 0 Å². The molecule has 33 heavy (non-hydrogen) atoms. The van der Waals surface area contributed by atoms with Crippen LogP contribution in [0.4, 0.5) is 0 Å². The van der Waals surface area contributed by atoms with Crippen LogP contribution in [-0.4, -0.2) is 12.4 Å². The summed E-state index contributed by atoms with van der Waals surface area (Å²) in [6.45, 7) is 0.700. The second-order valence-corrected chi connectivity index (χ2v) is 8.30. The molecule has 3 nitrogen and oxygen atoms in total. The molecule has 1 saturated heterocycles. The highest BCUT2D eigenvalue weighted by molar-refractivity contribution is 6.02. The summed E-state index contributed by atoms with van der Waals surface area (Å²) in [6.07, 6.45) is 10.5. The zero-order chi connectivity index (χ0) is 22.5. The third-order valence-corrected chi connectivity index (χ3v) is 5.86. The molecule has 3 heteroatoms. The summed E-state index contributed by atoms with van der Waals surface area (Å²) in [5.74, 6) is 1.61. The van der Waals surface area contributed by atoms with E-state index in [0.717, 1.165) is 52.2 Å². The first-order valence-corrected chi connectivity index (χ1v) is 11.4. The van der Waals surface area contributed by atoms with Crippen molar-refractivity contribution in [1.82, 2.24) is 0 Å². The quantitative estimate of drug-likeness (QED) is 0.375. The van der Waals surface area contributed by atoms with Crippen LogP contribution in [-0.2, 0) is 16.0 Å². The normalized spacial score (nSPS) is 21.5. The first kappa shape index (κ1) is 21.2. The average molecular weight is 435 g/mol. The van der Waals surface area contributed by atoms with E-state index in [-0.39, 0.29) is 11.9 Å². The molecule has 1 heterocycles. The summed E-state index contributed by atoms with van der Waals surface area (Å²) < 4.78 is 11.6. The molecule has 1 atom stereocenters. The van der Waals surface area contributed by atoms with Crippen molar-refractivity contribution in [3.8, 4) is 11.5 Å². The van der Waals surface area contributed by atoms with Crippen molar-refractivity contribution in [2.24, 2.45) is 0 Å². The van der Waals surface area contributed by atoms with Gasteiger partial charge in [-0.25, -0.2) is 0 Å². The van der Waals surface area contributed by atoms with Gasteiger partial charge in [0.2, 0.25) is 0 Å². The van der Waals surface area contributed by atoms with Gasteiger partial charge < -0.3 is 9.47 Å². The fourth-order valence-corrected chi connectivity index (χ4v) is 4.06. The van der Waals surface area contributed by atoms with Gasteiger partial charge in [0.05, 0.1) is 6.61 Å². The van der Waals surface area contributed by atoms with E-state index in [0.29, 0.717) is 13.0 Å². The number of ether oxygens (including phenoxy) is 2. The Labute approximate surface area is 194 Å². The molecule has 3 aromatic carbocycles. The number of epoxide rings is 1. The Morgan fingerprint density at radius 2 is 1.67 bits per heavy atom. The molecule has 2 aliphatic rings. The Morgan fingerprint density at radius 1 is 0.909 bits per heavy atom. The van der Waals surface area contributed by atoms with Crippen molar-refractivity contribution in [2.45, 2.75) is 25.4 Å². The number of hydrogen-bond donors (Lipinski definition) is 0. The highest BCUT2D eigenvalue weighted by Gasteiger charge is 2.28. The van der Waals surface area contributed by atoms with Crippen molar-refractivity contribution in [3.63, 3.8) is 0 Å². The molecule has 1 aliphatic heterocycles. The molecule has 0 N–H and O–H groups in total. The molecule has 0 bridgehead atoms. The largest absolute Gasteiger partial charge is 0.457 e. The van der Waals surface area contributed by atoms with Crippen molar-refractivity contribution in [3.05, 3.63) is 125 Å². The SMILES string of the molecule is O=C(Cc1cc(Oc2ccccc2)ccc1C1CO1)C1=C/CC/C=C/C(c2ccccc2)=C\1. The summed E-state index contributed by atoms with van der Waals surface area (Å²) in [5, 5.41) is 0. The first-order chi connectivity index (χ1) is 16.3. The standard InChI is InChI=1S/C30H26O3/c31-29(24-13-7-2-6-12-23(18-24)22-10-4-1-5-11-22)20-25-19-27(16-17-28(25)30-21-32-30)33-26-14-8-3-9-15-26/h1,3-6,8-19,30H,2,7,20-21H2/b12-6+,23-18+,24-13+. The third kappa shape index (κ3) is 5.39. The van der Waals surface area contributed by atoms with Gasteiger partial charge in [0.25, 0.3) is 0 Å². The Morgan fingerprint density at radius 3 is 2.42 bits per heavy atom. The minimum absolute atomic E-state index is 0.0724. The van der Waals surface area contributed by atoms with Gasteiger partial charge in [0.1, 0.15) is 17.6 Å². The number of hydrogen-bond acceptors (Lipinski definition) is 3. The number of carbonyl (C=O) groups is 1. The molecule has 1 unspecified atom stereocenters. The summed E-state index contributed by atoms with van der Waals surface area (Å²) in [7, 11) is 0. The van der Waals surface area contributed by atoms with Crippen LogP contribution in [0, 0.1) is 0 Å². The zero-order valence-electron chi connectivity index (χ0n) is 18.4. The minimum Gasteiger partial charge on any atom is -0.457 e. The summed E-state index contributed by atoms with van der Waals surface area (Å²) in [4.78, 5) is 13.5. The fourth-order valence-electron chi connectivity index (χ4n) is 4.06. The Hall–Kier alpha value is -3.69. The smallest absolute Gasteiger partial charge is 0.166 e. The lowest BCUT2D eigenvalue weighted by atomic mass is 9.93. The topological polar surface area (TPSA) is 38.8 Å². The first-order valence-electron chi connectivity index (χ1n) is 11.4. The Kier molecular flexibility index (Phi) is 6.32. The number of ketones is 1. The van der Waals surface area contributed by atoms with Gasteiger partial charge in [0.15, 0.2) is 5.78 Å². The molecule has 0 amide bonds. The summed E-state index contributed by atoms with van der Waals surface area (Å²) in [6, 6.07) is 25.8. The van der Waals surface area contributed by atoms with E-state index in [1.165, 1.54) is 0 Å². The molecule has 0 radical (unpaired) electrons. The molecular weight excluding hydrogens is 408 g/mol. The van der Waals surface area contributed by atoms with Gasteiger partial charge in [-0.15, -0.1) is 0 Å². The molecule has 0 saturated carbocycles. The summed E-state index contributed by atoms with van der Waals surface area (Å²) in [5.41, 5.74) is 4.96. The number of para-hydroxylation sites is 1. The average Bonchev–Trinajstić information content (AvgIpc) is 3.66. The van der Waals surface area contributed by atoms with Crippen molar-refractivity contribution in [1.29, 1.82) is 0 Å². The second-order valence-electron chi connectivity index (χ2n) is 8.30. The van der Waals surface area contributed by atoms with Gasteiger partial charge in [-0.1, -0.05) is 72.8 Å². The van der Waals surface area contributed by atoms with E-state index in [9.17, 15) is 4.79 Å². The number of Topliss-reactive ketones (excluding diaryl/α,β-unsaturated/α-hetero) is 1. The van der Waals surface area contributed by atoms with E-state index in [2.05, 4.69) is 30.4 Å². The van der Waals surface area contributed by atoms with Gasteiger partial charge in [-0.2, -0.15) is 0 Å². The van der Waals surface area contributed by atoms with E-state index in [1.54, 1.807) is 0 Å². The molecular formula is C30H26O3. The van der Waals surface area contributed by atoms with E-state index >= 15 is 0 Å². The lowest BCUT2D eigenvalue weighted by Crippen LogP contribution is -2.08. The molecule has 1 fully saturated rings. The maximum Gasteiger partial charge on any atom is 0.166 e. The van der Waals surface area contributed by atoms with Crippen molar-refractivity contribution < 1.29 is 14.3 Å². The maximum absolute atomic E-state index is 13.5. The number of benzene rings is 3. The van der Waals surface area contributed by atoms with Gasteiger partial charge in [0, 0.05) is 12.0 Å². The third-order valence-electron chi connectivity index (χ3n) is 5.86. The lowest BCUT2D eigenvalue weighted by molar-refractivity contribution is -0.114. The highest BCUT2D eigenvalue weighted by Crippen LogP contribution is 2.36. The van der Waals surface area contributed by atoms with Crippen molar-refractivity contribution in [2.75, 3.05) is 6.61 Å². The van der Waals surface area contributed by atoms with Crippen LogP contribution in [0.2, 0.25) is 0 Å². The van der Waals surface area contributed by atoms with Gasteiger partial charge in [-0.3, -0.25) is 4.79 Å². The van der Waals surface area contributed by atoms with Crippen LogP contribution in [0.1, 0.15) is 35.6 Å². The molecule has 1 aliphatic carbocycles. The van der Waals surface area contributed by atoms with Crippen LogP contribution in [0.25, 0.3) is 5.57 Å². The minimum atomic E-state index is 0.0724. The van der Waals surface area contributed by atoms with E-state index in [1.807, 2.05) is 72.8 Å². The molecule has 5 rings (SSSR count). The Bertz CT molecular complexity index is 1220. The predicted molar refractivity (Wildman–Crippen MR) is 131 cm³/mol. The highest BCUT2D eigenvalue weighted by atomic mass is 16.6. The fraction of sp³-hybridized carbons (Fsp3) is 0.167. The lowest BCUT2D eigenvalue weighted by Gasteiger charge is -2.13. The monoisotopic (exact) mass is 434 g/mol. The number of allylic oxidation sites excluding steroid dienone is 6. The number of carbonyl (C=O) groups excluding carboxylic acids is 1. The zero-order valence-corrected chi connectivity index (χ0v) is 18.4. The van der Waals surface area contributed by atoms with Crippen LogP contribution in [0.15, 0.2) is 109 Å². The van der Waals surface area contributed by atoms with E-state index in [4.69, 9.17) is 9.47 Å². The van der Waals surface area contributed by atoms with Crippen LogP contribution < -0.4 is 4.74 Å². The Balaban J connectivity index is 1.42. The number of rotatable bonds is 7. The van der Waals surface area contributed by atoms with Crippen LogP contribution in [0.3, 0.4) is 0 Å². The van der Waals surface area contributed by atoms with Crippen LogP contribution in [0.5, 0.6) is 11.5 Å². The van der Waals surface area contributed by atoms with Crippen LogP contribution >= 0.6 is 0 Å². The van der Waals surface area contributed by atoms with Crippen molar-refractivity contribution >= 4 is 11.4 Å². The predicted octanol–water partition coefficient (Wildman–Crippen LogP) is 7.02. The molecule has 0 spiro atoms. The van der Waals surface area contributed by atoms with Gasteiger partial charge in [-0.05, 0) is 65.4 Å². The summed E-state index contributed by atoms with van der Waals surface area (Å²) >= 11 is 0.